The normalized spacial score (nSPS) is 21.6. The first kappa shape index (κ1) is 25.3. The van der Waals surface area contributed by atoms with Crippen molar-refractivity contribution in [3.05, 3.63) is 76.4 Å². The molecule has 1 aromatic carbocycles. The number of aromatic nitrogens is 1. The molecule has 0 aliphatic carbocycles. The van der Waals surface area contributed by atoms with Gasteiger partial charge in [0, 0.05) is 61.8 Å². The number of benzene rings is 1. The number of anilines is 1. The van der Waals surface area contributed by atoms with E-state index in [0.29, 0.717) is 47.1 Å². The molecular weight excluding hydrogens is 486 g/mol. The number of aliphatic imine (C=N–C) groups is 1. The van der Waals surface area contributed by atoms with Gasteiger partial charge in [-0.25, -0.2) is 14.4 Å². The zero-order chi connectivity index (χ0) is 25.1. The fraction of sp³-hybridized carbons (Fsp3) is 0.385. The molecule has 2 saturated heterocycles. The standard InChI is InChI=1S/C26H31Cl2FN6/c1-17-6-5-11-34(17)19(3)32-25(15-24(30)20-8-9-21(27)23(29)14-20)35-13-12-33(16-18(35)2)26-22(28)7-4-10-31-26/h4,7-10,14-15,17-18H,3,5-6,11-13,16,30H2,1-2H3/b24-15-,32-25?/t17-,18+/m1/s1. The van der Waals surface area contributed by atoms with Crippen molar-refractivity contribution < 1.29 is 4.39 Å². The van der Waals surface area contributed by atoms with E-state index in [-0.39, 0.29) is 11.1 Å². The molecule has 3 heterocycles. The van der Waals surface area contributed by atoms with Crippen LogP contribution in [0, 0.1) is 5.82 Å². The molecule has 2 N–H and O–H groups in total. The molecule has 2 fully saturated rings. The van der Waals surface area contributed by atoms with Gasteiger partial charge in [-0.3, -0.25) is 0 Å². The number of rotatable bonds is 5. The van der Waals surface area contributed by atoms with Crippen molar-refractivity contribution in [2.24, 2.45) is 10.7 Å². The molecule has 6 nitrogen and oxygen atoms in total. The summed E-state index contributed by atoms with van der Waals surface area (Å²) in [5.41, 5.74) is 7.38. The number of hydrogen-bond acceptors (Lipinski definition) is 5. The lowest BCUT2D eigenvalue weighted by Crippen LogP contribution is -2.54. The van der Waals surface area contributed by atoms with Crippen molar-refractivity contribution in [1.82, 2.24) is 14.8 Å². The average molecular weight is 517 g/mol. The van der Waals surface area contributed by atoms with Crippen LogP contribution >= 0.6 is 23.2 Å². The van der Waals surface area contributed by atoms with E-state index >= 15 is 0 Å². The number of amidine groups is 1. The summed E-state index contributed by atoms with van der Waals surface area (Å²) in [5, 5.41) is 0.692. The zero-order valence-electron chi connectivity index (χ0n) is 20.1. The quantitative estimate of drug-likeness (QED) is 0.426. The van der Waals surface area contributed by atoms with Gasteiger partial charge in [-0.2, -0.15) is 0 Å². The van der Waals surface area contributed by atoms with Crippen LogP contribution in [0.2, 0.25) is 10.0 Å². The van der Waals surface area contributed by atoms with Gasteiger partial charge in [0.2, 0.25) is 0 Å². The van der Waals surface area contributed by atoms with Gasteiger partial charge in [0.15, 0.2) is 0 Å². The molecule has 0 unspecified atom stereocenters. The molecule has 0 amide bonds. The van der Waals surface area contributed by atoms with E-state index in [1.807, 2.05) is 12.1 Å². The molecule has 0 spiro atoms. The molecular formula is C26H31Cl2FN6. The predicted molar refractivity (Wildman–Crippen MR) is 143 cm³/mol. The predicted octanol–water partition coefficient (Wildman–Crippen LogP) is 5.39. The van der Waals surface area contributed by atoms with Crippen molar-refractivity contribution in [2.75, 3.05) is 31.1 Å². The summed E-state index contributed by atoms with van der Waals surface area (Å²) >= 11 is 12.3. The summed E-state index contributed by atoms with van der Waals surface area (Å²) in [6.07, 6.45) is 5.79. The monoisotopic (exact) mass is 516 g/mol. The number of nitrogens with zero attached hydrogens (tertiary/aromatic N) is 5. The highest BCUT2D eigenvalue weighted by Gasteiger charge is 2.28. The lowest BCUT2D eigenvalue weighted by atomic mass is 10.1. The van der Waals surface area contributed by atoms with Gasteiger partial charge >= 0.3 is 0 Å². The summed E-state index contributed by atoms with van der Waals surface area (Å²) in [6.45, 7) is 11.6. The van der Waals surface area contributed by atoms with Gasteiger partial charge in [0.1, 0.15) is 23.3 Å². The van der Waals surface area contributed by atoms with Crippen LogP contribution < -0.4 is 10.6 Å². The molecule has 186 valence electrons. The van der Waals surface area contributed by atoms with E-state index in [2.05, 4.69) is 40.1 Å². The van der Waals surface area contributed by atoms with Crippen LogP contribution in [0.1, 0.15) is 32.3 Å². The van der Waals surface area contributed by atoms with Crippen molar-refractivity contribution in [2.45, 2.75) is 38.8 Å². The molecule has 1 aromatic heterocycles. The molecule has 0 radical (unpaired) electrons. The Morgan fingerprint density at radius 1 is 1.14 bits per heavy atom. The van der Waals surface area contributed by atoms with Crippen molar-refractivity contribution in [3.63, 3.8) is 0 Å². The second-order valence-corrected chi connectivity index (χ2v) is 9.91. The Kier molecular flexibility index (Phi) is 7.87. The topological polar surface area (TPSA) is 61.0 Å². The van der Waals surface area contributed by atoms with E-state index in [9.17, 15) is 4.39 Å². The summed E-state index contributed by atoms with van der Waals surface area (Å²) < 4.78 is 14.1. The number of hydrogen-bond donors (Lipinski definition) is 1. The van der Waals surface area contributed by atoms with Gasteiger partial charge in [0.25, 0.3) is 0 Å². The first-order valence-corrected chi connectivity index (χ1v) is 12.6. The van der Waals surface area contributed by atoms with Crippen LogP contribution in [0.5, 0.6) is 0 Å². The maximum absolute atomic E-state index is 14.1. The highest BCUT2D eigenvalue weighted by molar-refractivity contribution is 6.33. The number of pyridine rings is 1. The number of likely N-dealkylation sites (tertiary alicyclic amines) is 1. The van der Waals surface area contributed by atoms with Gasteiger partial charge in [-0.1, -0.05) is 35.8 Å². The largest absolute Gasteiger partial charge is 0.398 e. The van der Waals surface area contributed by atoms with Crippen LogP contribution in [-0.4, -0.2) is 58.9 Å². The first-order valence-electron chi connectivity index (χ1n) is 11.8. The third kappa shape index (κ3) is 5.73. The third-order valence-corrected chi connectivity index (χ3v) is 7.23. The van der Waals surface area contributed by atoms with Crippen molar-refractivity contribution >= 4 is 40.6 Å². The lowest BCUT2D eigenvalue weighted by molar-refractivity contribution is 0.294. The Labute approximate surface area is 216 Å². The molecule has 9 heteroatoms. The van der Waals surface area contributed by atoms with Crippen LogP contribution in [0.3, 0.4) is 0 Å². The molecule has 0 saturated carbocycles. The summed E-state index contributed by atoms with van der Waals surface area (Å²) in [5.74, 6) is 1.67. The van der Waals surface area contributed by atoms with Crippen LogP contribution in [0.15, 0.2) is 60.0 Å². The summed E-state index contributed by atoms with van der Waals surface area (Å²) in [6, 6.07) is 8.71. The van der Waals surface area contributed by atoms with E-state index < -0.39 is 5.82 Å². The van der Waals surface area contributed by atoms with Gasteiger partial charge in [0.05, 0.1) is 10.0 Å². The van der Waals surface area contributed by atoms with E-state index in [1.54, 1.807) is 18.3 Å². The Morgan fingerprint density at radius 3 is 2.60 bits per heavy atom. The fourth-order valence-corrected chi connectivity index (χ4v) is 5.05. The number of halogens is 3. The number of nitrogens with two attached hydrogens (primary N) is 1. The maximum Gasteiger partial charge on any atom is 0.147 e. The maximum atomic E-state index is 14.1. The molecule has 2 aliphatic rings. The average Bonchev–Trinajstić information content (AvgIpc) is 3.26. The van der Waals surface area contributed by atoms with Crippen LogP contribution in [0.25, 0.3) is 5.70 Å². The SMILES string of the molecule is C=C(N=C(/C=C(\N)c1ccc(Cl)c(F)c1)N1CCN(c2ncccc2Cl)C[C@@H]1C)N1CCC[C@H]1C. The summed E-state index contributed by atoms with van der Waals surface area (Å²) in [4.78, 5) is 16.0. The second-order valence-electron chi connectivity index (χ2n) is 9.10. The van der Waals surface area contributed by atoms with Crippen molar-refractivity contribution in [1.29, 1.82) is 0 Å². The van der Waals surface area contributed by atoms with Gasteiger partial charge in [-0.05, 0) is 51.0 Å². The van der Waals surface area contributed by atoms with E-state index in [0.717, 1.165) is 31.7 Å². The van der Waals surface area contributed by atoms with Gasteiger partial charge in [-0.15, -0.1) is 0 Å². The fourth-order valence-electron chi connectivity index (χ4n) is 4.69. The van der Waals surface area contributed by atoms with E-state index in [4.69, 9.17) is 33.9 Å². The zero-order valence-corrected chi connectivity index (χ0v) is 21.6. The molecule has 0 bridgehead atoms. The molecule has 2 atom stereocenters. The minimum Gasteiger partial charge on any atom is -0.398 e. The third-order valence-electron chi connectivity index (χ3n) is 6.63. The van der Waals surface area contributed by atoms with Gasteiger partial charge < -0.3 is 20.4 Å². The Hall–Kier alpha value is -2.77. The van der Waals surface area contributed by atoms with Crippen molar-refractivity contribution in [3.8, 4) is 0 Å². The highest BCUT2D eigenvalue weighted by Crippen LogP contribution is 2.27. The van der Waals surface area contributed by atoms with Crippen LogP contribution in [-0.2, 0) is 0 Å². The number of piperazine rings is 1. The smallest absolute Gasteiger partial charge is 0.147 e. The first-order chi connectivity index (χ1) is 16.7. The molecule has 4 rings (SSSR count). The minimum absolute atomic E-state index is 0.0600. The highest BCUT2D eigenvalue weighted by atomic mass is 35.5. The lowest BCUT2D eigenvalue weighted by Gasteiger charge is -2.42. The molecule has 2 aliphatic heterocycles. The minimum atomic E-state index is -0.511. The van der Waals surface area contributed by atoms with E-state index in [1.165, 1.54) is 12.1 Å². The molecule has 35 heavy (non-hydrogen) atoms. The summed E-state index contributed by atoms with van der Waals surface area (Å²) in [7, 11) is 0. The second kappa shape index (κ2) is 10.9. The molecule has 2 aromatic rings. The Bertz CT molecular complexity index is 1150. The van der Waals surface area contributed by atoms with Crippen LogP contribution in [0.4, 0.5) is 10.2 Å². The Morgan fingerprint density at radius 2 is 1.94 bits per heavy atom. The Balaban J connectivity index is 1.63.